The molecule has 8 rings (SSSR count). The predicted molar refractivity (Wildman–Crippen MR) is 194 cm³/mol. The highest BCUT2D eigenvalue weighted by atomic mass is 19.1. The molecule has 1 aromatic carbocycles. The molecule has 2 saturated heterocycles. The largest absolute Gasteiger partial charge is 0.390 e. The zero-order valence-electron chi connectivity index (χ0n) is 32.6. The number of halogens is 1. The molecule has 290 valence electrons. The molecule has 5 saturated carbocycles. The van der Waals surface area contributed by atoms with Crippen molar-refractivity contribution in [2.24, 2.45) is 50.7 Å². The highest BCUT2D eigenvalue weighted by Crippen LogP contribution is 2.89. The summed E-state index contributed by atoms with van der Waals surface area (Å²) in [5.74, 6) is 1.18. The Bertz CT molecular complexity index is 1530. The van der Waals surface area contributed by atoms with Gasteiger partial charge in [0.2, 0.25) is 5.91 Å². The zero-order valence-corrected chi connectivity index (χ0v) is 32.6. The average molecular weight is 726 g/mol. The second-order valence-electron chi connectivity index (χ2n) is 20.1. The number of rotatable bonds is 6. The molecule has 1 aromatic rings. The molecule has 1 amide bonds. The molecule has 0 aromatic heterocycles. The minimum atomic E-state index is -1.27. The first-order valence-corrected chi connectivity index (χ1v) is 20.4. The van der Waals surface area contributed by atoms with Gasteiger partial charge in [0.25, 0.3) is 0 Å². The van der Waals surface area contributed by atoms with Gasteiger partial charge in [-0.2, -0.15) is 0 Å². The first-order chi connectivity index (χ1) is 24.4. The van der Waals surface area contributed by atoms with Gasteiger partial charge in [-0.1, -0.05) is 46.8 Å². The second-order valence-corrected chi connectivity index (χ2v) is 20.1. The fourth-order valence-corrected chi connectivity index (χ4v) is 14.4. The number of hydrogen-bond donors (Lipinski definition) is 3. The standard InChI is InChI=1S/C43H64FNO7/c1-25-22-28(36(47)39(4,5)49)51-35-34(25)40(6)17-18-43-24-42(43)16-14-31(38(2,3)29(42)12-13-30(43)41(40,7)37(35)48)52-33-15-19-45(20-21-50-33)32(46)23-26-8-10-27(44)11-9-26/h8-11,25,28-31,33-37,47-49H,12-24H2,1-7H3/t25-,28?,29+,30?,31?,33?,34+,35?,36?,37+,40?,41-,42?,43?/m1/s1. The van der Waals surface area contributed by atoms with Crippen LogP contribution in [-0.4, -0.2) is 88.2 Å². The Labute approximate surface area is 310 Å². The van der Waals surface area contributed by atoms with Crippen LogP contribution in [0.15, 0.2) is 24.3 Å². The lowest BCUT2D eigenvalue weighted by molar-refractivity contribution is -0.232. The first kappa shape index (κ1) is 37.3. The van der Waals surface area contributed by atoms with E-state index >= 15 is 0 Å². The number of fused-ring (bicyclic) bond motifs is 4. The SMILES string of the molecule is C[C@@H]1CC(C(O)C(C)(C)O)OC2[C@H]1C1(C)CCC34CC35CCC(OC3CCN(C(=O)Cc6ccc(F)cc6)CCO3)C(C)(C)[C@@H]5CCC4[C@]1(C)[C@H]2O. The number of aliphatic hydroxyl groups is 3. The number of carbonyl (C=O) groups is 1. The Morgan fingerprint density at radius 2 is 1.71 bits per heavy atom. The van der Waals surface area contributed by atoms with Gasteiger partial charge in [0.15, 0.2) is 6.29 Å². The molecule has 3 N–H and O–H groups in total. The molecule has 9 unspecified atom stereocenters. The number of carbonyl (C=O) groups excluding carboxylic acids is 1. The van der Waals surface area contributed by atoms with Crippen molar-refractivity contribution in [2.75, 3.05) is 19.7 Å². The van der Waals surface area contributed by atoms with E-state index in [1.54, 1.807) is 26.0 Å². The molecule has 14 atom stereocenters. The van der Waals surface area contributed by atoms with Crippen LogP contribution in [0.2, 0.25) is 0 Å². The van der Waals surface area contributed by atoms with E-state index in [1.165, 1.54) is 25.0 Å². The van der Waals surface area contributed by atoms with Gasteiger partial charge < -0.3 is 34.4 Å². The van der Waals surface area contributed by atoms with E-state index in [4.69, 9.17) is 14.2 Å². The van der Waals surface area contributed by atoms with Gasteiger partial charge in [0.1, 0.15) is 11.9 Å². The highest BCUT2D eigenvalue weighted by Gasteiger charge is 2.84. The van der Waals surface area contributed by atoms with E-state index in [2.05, 4.69) is 34.6 Å². The minimum Gasteiger partial charge on any atom is -0.390 e. The minimum absolute atomic E-state index is 0.0306. The van der Waals surface area contributed by atoms with Crippen molar-refractivity contribution >= 4 is 5.91 Å². The maximum atomic E-state index is 13.4. The van der Waals surface area contributed by atoms with Crippen LogP contribution in [0.5, 0.6) is 0 Å². The van der Waals surface area contributed by atoms with Gasteiger partial charge in [0, 0.05) is 24.9 Å². The molecule has 0 bridgehead atoms. The quantitative estimate of drug-likeness (QED) is 0.317. The molecule has 9 heteroatoms. The van der Waals surface area contributed by atoms with Crippen LogP contribution in [0.4, 0.5) is 4.39 Å². The van der Waals surface area contributed by atoms with E-state index in [-0.39, 0.29) is 75.6 Å². The first-order valence-electron chi connectivity index (χ1n) is 20.4. The number of aliphatic hydroxyl groups excluding tert-OH is 2. The van der Waals surface area contributed by atoms with Crippen LogP contribution in [-0.2, 0) is 25.4 Å². The molecule has 2 heterocycles. The van der Waals surface area contributed by atoms with Crippen LogP contribution >= 0.6 is 0 Å². The smallest absolute Gasteiger partial charge is 0.227 e. The molecule has 52 heavy (non-hydrogen) atoms. The Balaban J connectivity index is 0.954. The van der Waals surface area contributed by atoms with Crippen molar-refractivity contribution in [2.45, 2.75) is 155 Å². The van der Waals surface area contributed by atoms with Crippen molar-refractivity contribution < 1.29 is 38.7 Å². The van der Waals surface area contributed by atoms with Crippen LogP contribution < -0.4 is 0 Å². The molecule has 8 nitrogen and oxygen atoms in total. The molecule has 5 aliphatic carbocycles. The molecule has 2 aliphatic heterocycles. The lowest BCUT2D eigenvalue weighted by Crippen LogP contribution is -2.60. The Morgan fingerprint density at radius 1 is 1.02 bits per heavy atom. The van der Waals surface area contributed by atoms with Crippen LogP contribution in [0, 0.1) is 56.6 Å². The van der Waals surface area contributed by atoms with E-state index < -0.39 is 23.9 Å². The van der Waals surface area contributed by atoms with Gasteiger partial charge >= 0.3 is 0 Å². The van der Waals surface area contributed by atoms with Crippen molar-refractivity contribution in [3.05, 3.63) is 35.6 Å². The van der Waals surface area contributed by atoms with Gasteiger partial charge in [0.05, 0.1) is 43.0 Å². The molecule has 7 fully saturated rings. The van der Waals surface area contributed by atoms with Crippen molar-refractivity contribution in [3.8, 4) is 0 Å². The van der Waals surface area contributed by atoms with E-state index in [1.807, 2.05) is 4.90 Å². The lowest BCUT2D eigenvalue weighted by Gasteiger charge is -2.63. The van der Waals surface area contributed by atoms with Crippen LogP contribution in [0.1, 0.15) is 112 Å². The summed E-state index contributed by atoms with van der Waals surface area (Å²) in [6, 6.07) is 6.15. The average Bonchev–Trinajstić information content (AvgIpc) is 3.78. The fourth-order valence-electron chi connectivity index (χ4n) is 14.4. The van der Waals surface area contributed by atoms with Crippen LogP contribution in [0.3, 0.4) is 0 Å². The lowest BCUT2D eigenvalue weighted by atomic mass is 9.41. The van der Waals surface area contributed by atoms with E-state index in [9.17, 15) is 24.5 Å². The summed E-state index contributed by atoms with van der Waals surface area (Å²) in [4.78, 5) is 15.0. The summed E-state index contributed by atoms with van der Waals surface area (Å²) < 4.78 is 33.2. The second kappa shape index (κ2) is 12.4. The predicted octanol–water partition coefficient (Wildman–Crippen LogP) is 6.27. The van der Waals surface area contributed by atoms with Gasteiger partial charge in [-0.05, 0) is 128 Å². The normalized spacial score (nSPS) is 47.2. The maximum Gasteiger partial charge on any atom is 0.227 e. The third kappa shape index (κ3) is 5.28. The van der Waals surface area contributed by atoms with Crippen molar-refractivity contribution in [1.29, 1.82) is 0 Å². The number of nitrogens with zero attached hydrogens (tertiary/aromatic N) is 1. The summed E-state index contributed by atoms with van der Waals surface area (Å²) in [7, 11) is 0. The molecule has 0 radical (unpaired) electrons. The fraction of sp³-hybridized carbons (Fsp3) is 0.837. The molecule has 2 spiro atoms. The Morgan fingerprint density at radius 3 is 2.42 bits per heavy atom. The number of benzene rings is 1. The Hall–Kier alpha value is -1.62. The third-order valence-electron chi connectivity index (χ3n) is 17.1. The van der Waals surface area contributed by atoms with Gasteiger partial charge in [-0.25, -0.2) is 4.39 Å². The van der Waals surface area contributed by atoms with Crippen molar-refractivity contribution in [3.63, 3.8) is 0 Å². The van der Waals surface area contributed by atoms with E-state index in [0.717, 1.165) is 37.7 Å². The molecule has 7 aliphatic rings. The highest BCUT2D eigenvalue weighted by molar-refractivity contribution is 5.78. The monoisotopic (exact) mass is 725 g/mol. The molecular formula is C43H64FNO7. The summed E-state index contributed by atoms with van der Waals surface area (Å²) in [6.45, 7) is 16.8. The number of hydrogen-bond acceptors (Lipinski definition) is 7. The van der Waals surface area contributed by atoms with Crippen molar-refractivity contribution in [1.82, 2.24) is 4.90 Å². The summed E-state index contributed by atoms with van der Waals surface area (Å²) in [5.41, 5.74) is -0.364. The topological polar surface area (TPSA) is 109 Å². The van der Waals surface area contributed by atoms with E-state index in [0.29, 0.717) is 44.4 Å². The van der Waals surface area contributed by atoms with Gasteiger partial charge in [-0.15, -0.1) is 0 Å². The summed E-state index contributed by atoms with van der Waals surface area (Å²) >= 11 is 0. The number of amides is 1. The summed E-state index contributed by atoms with van der Waals surface area (Å²) in [6.07, 6.45) is 6.74. The third-order valence-corrected chi connectivity index (χ3v) is 17.1. The number of ether oxygens (including phenoxy) is 3. The van der Waals surface area contributed by atoms with Gasteiger partial charge in [-0.3, -0.25) is 4.79 Å². The maximum absolute atomic E-state index is 13.4. The zero-order chi connectivity index (χ0) is 37.2. The molecular weight excluding hydrogens is 661 g/mol. The summed E-state index contributed by atoms with van der Waals surface area (Å²) in [5, 5.41) is 34.2. The Kier molecular flexibility index (Phi) is 8.93. The van der Waals surface area contributed by atoms with Crippen LogP contribution in [0.25, 0.3) is 0 Å².